The highest BCUT2D eigenvalue weighted by Gasteiger charge is 2.34. The maximum Gasteiger partial charge on any atom is 0.427 e. The van der Waals surface area contributed by atoms with E-state index < -0.39 is 16.7 Å². The fraction of sp³-hybridized carbons (Fsp3) is 0.700. The van der Waals surface area contributed by atoms with Crippen LogP contribution in [0.25, 0.3) is 0 Å². The molecule has 17 heavy (non-hydrogen) atoms. The monoisotopic (exact) mass is 268 g/mol. The van der Waals surface area contributed by atoms with Crippen LogP contribution in [0.15, 0.2) is 6.20 Å². The third-order valence-corrected chi connectivity index (χ3v) is 3.11. The second kappa shape index (κ2) is 4.81. The van der Waals surface area contributed by atoms with Crippen molar-refractivity contribution in [3.05, 3.63) is 11.1 Å². The molecular formula is C10H15F3N2OS. The Hall–Kier alpha value is -0.820. The van der Waals surface area contributed by atoms with Crippen molar-refractivity contribution in [2.75, 3.05) is 18.0 Å². The summed E-state index contributed by atoms with van der Waals surface area (Å²) in [6.07, 6.45) is -3.53. The maximum atomic E-state index is 12.4. The van der Waals surface area contributed by atoms with Crippen LogP contribution in [0.3, 0.4) is 0 Å². The summed E-state index contributed by atoms with van der Waals surface area (Å²) in [4.78, 5) is 4.66. The minimum absolute atomic E-state index is 0.244. The molecule has 1 rings (SSSR count). The zero-order chi connectivity index (χ0) is 13.3. The Morgan fingerprint density at radius 1 is 1.41 bits per heavy atom. The average Bonchev–Trinajstić information content (AvgIpc) is 2.60. The van der Waals surface area contributed by atoms with E-state index in [0.29, 0.717) is 17.9 Å². The summed E-state index contributed by atoms with van der Waals surface area (Å²) in [5, 5.41) is 9.94. The molecule has 1 aromatic rings. The Labute approximate surface area is 102 Å². The van der Waals surface area contributed by atoms with Crippen molar-refractivity contribution in [2.24, 2.45) is 0 Å². The number of alkyl halides is 3. The molecule has 1 heterocycles. The van der Waals surface area contributed by atoms with E-state index >= 15 is 0 Å². The van der Waals surface area contributed by atoms with Gasteiger partial charge in [0.15, 0.2) is 5.13 Å². The molecule has 0 aromatic carbocycles. The first-order valence-corrected chi connectivity index (χ1v) is 5.95. The molecule has 1 aromatic heterocycles. The van der Waals surface area contributed by atoms with E-state index in [0.717, 1.165) is 6.20 Å². The molecule has 0 atom stereocenters. The summed E-state index contributed by atoms with van der Waals surface area (Å²) < 4.78 is 37.2. The van der Waals surface area contributed by atoms with Crippen molar-refractivity contribution in [3.63, 3.8) is 0 Å². The lowest BCUT2D eigenvalue weighted by molar-refractivity contribution is -0.134. The van der Waals surface area contributed by atoms with Gasteiger partial charge in [-0.15, -0.1) is 0 Å². The fourth-order valence-corrected chi connectivity index (χ4v) is 2.17. The number of anilines is 1. The molecule has 0 radical (unpaired) electrons. The number of nitrogens with zero attached hydrogens (tertiary/aromatic N) is 2. The minimum atomic E-state index is -4.36. The summed E-state index contributed by atoms with van der Waals surface area (Å²) in [6, 6.07) is 0. The van der Waals surface area contributed by atoms with Gasteiger partial charge < -0.3 is 10.0 Å². The average molecular weight is 268 g/mol. The van der Waals surface area contributed by atoms with Crippen LogP contribution in [-0.4, -0.2) is 28.8 Å². The summed E-state index contributed by atoms with van der Waals surface area (Å²) in [6.45, 7) is 5.76. The highest BCUT2D eigenvalue weighted by atomic mass is 32.1. The van der Waals surface area contributed by atoms with E-state index in [4.69, 9.17) is 0 Å². The Bertz CT molecular complexity index is 370. The summed E-state index contributed by atoms with van der Waals surface area (Å²) in [7, 11) is 0. The molecule has 1 N–H and O–H groups in total. The Kier molecular flexibility index (Phi) is 4.03. The van der Waals surface area contributed by atoms with Gasteiger partial charge >= 0.3 is 6.18 Å². The minimum Gasteiger partial charge on any atom is -0.389 e. The SMILES string of the molecule is CCN(CC(C)(C)O)c1ncc(C(F)(F)F)s1. The van der Waals surface area contributed by atoms with Crippen LogP contribution in [-0.2, 0) is 6.18 Å². The van der Waals surface area contributed by atoms with E-state index in [1.165, 1.54) is 0 Å². The second-order valence-electron chi connectivity index (χ2n) is 4.33. The Balaban J connectivity index is 2.87. The van der Waals surface area contributed by atoms with Gasteiger partial charge in [-0.05, 0) is 20.8 Å². The van der Waals surface area contributed by atoms with Crippen molar-refractivity contribution in [1.82, 2.24) is 4.98 Å². The normalized spacial score (nSPS) is 12.9. The number of thiazole rings is 1. The van der Waals surface area contributed by atoms with Gasteiger partial charge in [0, 0.05) is 13.1 Å². The molecule has 0 saturated carbocycles. The van der Waals surface area contributed by atoms with E-state index in [1.54, 1.807) is 25.7 Å². The highest BCUT2D eigenvalue weighted by molar-refractivity contribution is 7.15. The van der Waals surface area contributed by atoms with Crippen molar-refractivity contribution < 1.29 is 18.3 Å². The number of aliphatic hydroxyl groups is 1. The molecular weight excluding hydrogens is 253 g/mol. The number of halogens is 3. The van der Waals surface area contributed by atoms with Crippen LogP contribution >= 0.6 is 11.3 Å². The quantitative estimate of drug-likeness (QED) is 0.912. The van der Waals surface area contributed by atoms with Crippen molar-refractivity contribution in [1.29, 1.82) is 0 Å². The molecule has 3 nitrogen and oxygen atoms in total. The van der Waals surface area contributed by atoms with Crippen LogP contribution in [0.5, 0.6) is 0 Å². The number of rotatable bonds is 4. The lowest BCUT2D eigenvalue weighted by Gasteiger charge is -2.27. The van der Waals surface area contributed by atoms with Crippen LogP contribution in [0.2, 0.25) is 0 Å². The first-order valence-electron chi connectivity index (χ1n) is 5.14. The predicted molar refractivity (Wildman–Crippen MR) is 61.3 cm³/mol. The van der Waals surface area contributed by atoms with E-state index in [1.807, 2.05) is 0 Å². The Morgan fingerprint density at radius 2 is 2.00 bits per heavy atom. The van der Waals surface area contributed by atoms with Crippen LogP contribution < -0.4 is 4.90 Å². The number of hydrogen-bond acceptors (Lipinski definition) is 4. The van der Waals surface area contributed by atoms with Crippen LogP contribution in [0.1, 0.15) is 25.6 Å². The van der Waals surface area contributed by atoms with Gasteiger partial charge in [0.2, 0.25) is 0 Å². The molecule has 0 spiro atoms. The first-order chi connectivity index (χ1) is 7.63. The second-order valence-corrected chi connectivity index (χ2v) is 5.34. The van der Waals surface area contributed by atoms with Gasteiger partial charge in [0.1, 0.15) is 4.88 Å². The predicted octanol–water partition coefficient (Wildman–Crippen LogP) is 2.76. The third-order valence-electron chi connectivity index (χ3n) is 2.00. The van der Waals surface area contributed by atoms with Gasteiger partial charge in [0.25, 0.3) is 0 Å². The molecule has 0 aliphatic carbocycles. The largest absolute Gasteiger partial charge is 0.427 e. The van der Waals surface area contributed by atoms with E-state index in [2.05, 4.69) is 4.98 Å². The number of hydrogen-bond donors (Lipinski definition) is 1. The standard InChI is InChI=1S/C10H15F3N2OS/c1-4-15(6-9(2,3)16)8-14-5-7(17-8)10(11,12)13/h5,16H,4,6H2,1-3H3. The van der Waals surface area contributed by atoms with Gasteiger partial charge in [-0.1, -0.05) is 11.3 Å². The number of likely N-dealkylation sites (N-methyl/N-ethyl adjacent to an activating group) is 1. The van der Waals surface area contributed by atoms with Gasteiger partial charge in [-0.3, -0.25) is 0 Å². The first kappa shape index (κ1) is 14.2. The van der Waals surface area contributed by atoms with Crippen molar-refractivity contribution >= 4 is 16.5 Å². The van der Waals surface area contributed by atoms with Crippen LogP contribution in [0.4, 0.5) is 18.3 Å². The lowest BCUT2D eigenvalue weighted by atomic mass is 10.1. The van der Waals surface area contributed by atoms with Gasteiger partial charge in [0.05, 0.1) is 11.8 Å². The topological polar surface area (TPSA) is 36.4 Å². The maximum absolute atomic E-state index is 12.4. The lowest BCUT2D eigenvalue weighted by Crippen LogP contribution is -2.38. The number of aromatic nitrogens is 1. The zero-order valence-electron chi connectivity index (χ0n) is 9.88. The molecule has 0 bridgehead atoms. The third kappa shape index (κ3) is 4.16. The molecule has 0 aliphatic rings. The zero-order valence-corrected chi connectivity index (χ0v) is 10.7. The molecule has 0 amide bonds. The summed E-state index contributed by atoms with van der Waals surface area (Å²) in [5.41, 5.74) is -0.972. The van der Waals surface area contributed by atoms with E-state index in [9.17, 15) is 18.3 Å². The fourth-order valence-electron chi connectivity index (χ4n) is 1.32. The van der Waals surface area contributed by atoms with Crippen LogP contribution in [0, 0.1) is 0 Å². The highest BCUT2D eigenvalue weighted by Crippen LogP contribution is 2.36. The molecule has 0 fully saturated rings. The molecule has 0 saturated heterocycles. The molecule has 7 heteroatoms. The molecule has 98 valence electrons. The molecule has 0 aliphatic heterocycles. The van der Waals surface area contributed by atoms with Crippen molar-refractivity contribution in [2.45, 2.75) is 32.5 Å². The molecule has 0 unspecified atom stereocenters. The smallest absolute Gasteiger partial charge is 0.389 e. The van der Waals surface area contributed by atoms with E-state index in [-0.39, 0.29) is 11.7 Å². The summed E-state index contributed by atoms with van der Waals surface area (Å²) >= 11 is 0.592. The summed E-state index contributed by atoms with van der Waals surface area (Å²) in [5.74, 6) is 0. The van der Waals surface area contributed by atoms with Crippen molar-refractivity contribution in [3.8, 4) is 0 Å². The Morgan fingerprint density at radius 3 is 2.35 bits per heavy atom. The van der Waals surface area contributed by atoms with Gasteiger partial charge in [-0.2, -0.15) is 13.2 Å². The van der Waals surface area contributed by atoms with Gasteiger partial charge in [-0.25, -0.2) is 4.98 Å².